The Morgan fingerprint density at radius 2 is 1.83 bits per heavy atom. The summed E-state index contributed by atoms with van der Waals surface area (Å²) >= 11 is 0. The van der Waals surface area contributed by atoms with Crippen LogP contribution < -0.4 is 10.6 Å². The smallest absolute Gasteiger partial charge is 0.290 e. The van der Waals surface area contributed by atoms with E-state index in [2.05, 4.69) is 20.8 Å². The molecule has 4 N–H and O–H groups in total. The second-order valence-corrected chi connectivity index (χ2v) is 6.99. The third kappa shape index (κ3) is 7.63. The SMILES string of the molecule is O=C(CCn1cnnc1)N[C@@H]1C[C@H](C(=O)NCCc2ccccc2)C[C@H]1O.O=CO. The summed E-state index contributed by atoms with van der Waals surface area (Å²) in [5, 5.41) is 30.2. The number of aryl methyl sites for hydroxylation is 1. The number of nitrogens with zero attached hydrogens (tertiary/aromatic N) is 3. The van der Waals surface area contributed by atoms with Gasteiger partial charge in [-0.05, 0) is 24.8 Å². The molecule has 0 unspecified atom stereocenters. The van der Waals surface area contributed by atoms with E-state index in [0.717, 1.165) is 6.42 Å². The summed E-state index contributed by atoms with van der Waals surface area (Å²) in [6.45, 7) is 0.788. The summed E-state index contributed by atoms with van der Waals surface area (Å²) in [4.78, 5) is 32.8. The molecule has 1 aliphatic rings. The van der Waals surface area contributed by atoms with Crippen LogP contribution in [0.2, 0.25) is 0 Å². The molecule has 0 aliphatic heterocycles. The Morgan fingerprint density at radius 3 is 2.50 bits per heavy atom. The van der Waals surface area contributed by atoms with Crippen molar-refractivity contribution in [2.45, 2.75) is 44.4 Å². The fourth-order valence-corrected chi connectivity index (χ4v) is 3.35. The molecule has 1 heterocycles. The van der Waals surface area contributed by atoms with Gasteiger partial charge in [0.2, 0.25) is 11.8 Å². The maximum atomic E-state index is 12.3. The van der Waals surface area contributed by atoms with E-state index in [4.69, 9.17) is 9.90 Å². The minimum atomic E-state index is -0.700. The molecule has 1 aliphatic carbocycles. The predicted molar refractivity (Wildman–Crippen MR) is 107 cm³/mol. The van der Waals surface area contributed by atoms with Gasteiger partial charge in [-0.3, -0.25) is 14.4 Å². The van der Waals surface area contributed by atoms with Crippen molar-refractivity contribution in [1.29, 1.82) is 0 Å². The van der Waals surface area contributed by atoms with E-state index < -0.39 is 6.10 Å². The van der Waals surface area contributed by atoms with E-state index in [0.29, 0.717) is 25.9 Å². The van der Waals surface area contributed by atoms with Gasteiger partial charge < -0.3 is 25.4 Å². The Balaban J connectivity index is 0.00000101. The molecule has 1 fully saturated rings. The van der Waals surface area contributed by atoms with Crippen LogP contribution in [0.25, 0.3) is 0 Å². The van der Waals surface area contributed by atoms with Gasteiger partial charge in [-0.25, -0.2) is 0 Å². The van der Waals surface area contributed by atoms with Gasteiger partial charge in [-0.15, -0.1) is 10.2 Å². The van der Waals surface area contributed by atoms with E-state index in [1.807, 2.05) is 30.3 Å². The summed E-state index contributed by atoms with van der Waals surface area (Å²) in [5.41, 5.74) is 1.17. The molecule has 3 rings (SSSR count). The molecular weight excluding hydrogens is 390 g/mol. The van der Waals surface area contributed by atoms with Crippen molar-refractivity contribution in [3.63, 3.8) is 0 Å². The van der Waals surface area contributed by atoms with Crippen molar-refractivity contribution in [1.82, 2.24) is 25.4 Å². The van der Waals surface area contributed by atoms with E-state index in [1.54, 1.807) is 17.2 Å². The first-order valence-electron chi connectivity index (χ1n) is 9.72. The molecule has 0 saturated heterocycles. The van der Waals surface area contributed by atoms with E-state index in [9.17, 15) is 14.7 Å². The number of carboxylic acid groups (broad SMARTS) is 1. The highest BCUT2D eigenvalue weighted by atomic mass is 16.3. The molecule has 1 aromatic heterocycles. The molecule has 1 saturated carbocycles. The highest BCUT2D eigenvalue weighted by Crippen LogP contribution is 2.26. The summed E-state index contributed by atoms with van der Waals surface area (Å²) in [6.07, 6.45) is 4.26. The summed E-state index contributed by atoms with van der Waals surface area (Å²) in [6, 6.07) is 9.57. The third-order valence-electron chi connectivity index (χ3n) is 4.87. The second kappa shape index (κ2) is 12.3. The molecule has 2 amide bonds. The van der Waals surface area contributed by atoms with Gasteiger partial charge in [0.05, 0.1) is 12.1 Å². The maximum Gasteiger partial charge on any atom is 0.290 e. The number of aromatic nitrogens is 3. The Bertz CT molecular complexity index is 784. The van der Waals surface area contributed by atoms with Crippen molar-refractivity contribution in [2.24, 2.45) is 5.92 Å². The standard InChI is InChI=1S/C19H25N5O3.CH2O2/c25-17-11-15(19(27)20-8-6-14-4-2-1-3-5-14)10-16(17)23-18(26)7-9-24-12-21-22-13-24;2-1-3/h1-5,12-13,15-17,25H,6-11H2,(H,20,27)(H,23,26);1H,(H,2,3)/t15-,16+,17+;/m0./s1. The third-order valence-corrected chi connectivity index (χ3v) is 4.87. The van der Waals surface area contributed by atoms with Crippen molar-refractivity contribution in [3.05, 3.63) is 48.5 Å². The fraction of sp³-hybridized carbons (Fsp3) is 0.450. The number of aliphatic hydroxyl groups excluding tert-OH is 1. The van der Waals surface area contributed by atoms with Crippen LogP contribution in [0.5, 0.6) is 0 Å². The van der Waals surface area contributed by atoms with E-state index >= 15 is 0 Å². The van der Waals surface area contributed by atoms with Crippen molar-refractivity contribution < 1.29 is 24.6 Å². The fourth-order valence-electron chi connectivity index (χ4n) is 3.35. The van der Waals surface area contributed by atoms with Gasteiger partial charge in [0, 0.05) is 25.4 Å². The molecular formula is C20H27N5O5. The summed E-state index contributed by atoms with van der Waals surface area (Å²) in [5.74, 6) is -0.497. The van der Waals surface area contributed by atoms with Crippen LogP contribution in [0.15, 0.2) is 43.0 Å². The van der Waals surface area contributed by atoms with Crippen molar-refractivity contribution in [3.8, 4) is 0 Å². The Labute approximate surface area is 174 Å². The first-order chi connectivity index (χ1) is 14.5. The zero-order chi connectivity index (χ0) is 21.8. The first kappa shape index (κ1) is 23.0. The van der Waals surface area contributed by atoms with Gasteiger partial charge >= 0.3 is 0 Å². The van der Waals surface area contributed by atoms with Gasteiger partial charge in [0.25, 0.3) is 6.47 Å². The lowest BCUT2D eigenvalue weighted by molar-refractivity contribution is -0.125. The minimum Gasteiger partial charge on any atom is -0.483 e. The molecule has 3 atom stereocenters. The average Bonchev–Trinajstić information content (AvgIpc) is 3.38. The number of amides is 2. The molecule has 2 aromatic rings. The van der Waals surface area contributed by atoms with E-state index in [-0.39, 0.29) is 36.7 Å². The molecule has 10 heteroatoms. The Kier molecular flexibility index (Phi) is 9.46. The largest absolute Gasteiger partial charge is 0.483 e. The maximum absolute atomic E-state index is 12.3. The normalized spacial score (nSPS) is 20.0. The van der Waals surface area contributed by atoms with Crippen LogP contribution in [0.1, 0.15) is 24.8 Å². The number of carbonyl (C=O) groups excluding carboxylic acids is 2. The van der Waals surface area contributed by atoms with Crippen LogP contribution in [0.4, 0.5) is 0 Å². The monoisotopic (exact) mass is 417 g/mol. The van der Waals surface area contributed by atoms with Gasteiger partial charge in [0.1, 0.15) is 12.7 Å². The topological polar surface area (TPSA) is 146 Å². The van der Waals surface area contributed by atoms with Crippen LogP contribution in [-0.2, 0) is 27.3 Å². The van der Waals surface area contributed by atoms with Gasteiger partial charge in [-0.2, -0.15) is 0 Å². The lowest BCUT2D eigenvalue weighted by Gasteiger charge is -2.16. The van der Waals surface area contributed by atoms with Crippen molar-refractivity contribution >= 4 is 18.3 Å². The predicted octanol–water partition coefficient (Wildman–Crippen LogP) is -0.0164. The van der Waals surface area contributed by atoms with E-state index in [1.165, 1.54) is 5.56 Å². The van der Waals surface area contributed by atoms with Gasteiger partial charge in [-0.1, -0.05) is 30.3 Å². The highest BCUT2D eigenvalue weighted by molar-refractivity contribution is 5.80. The second-order valence-electron chi connectivity index (χ2n) is 6.99. The molecule has 10 nitrogen and oxygen atoms in total. The van der Waals surface area contributed by atoms with Crippen LogP contribution in [0.3, 0.4) is 0 Å². The van der Waals surface area contributed by atoms with Crippen LogP contribution in [-0.4, -0.2) is 62.0 Å². The number of benzene rings is 1. The highest BCUT2D eigenvalue weighted by Gasteiger charge is 2.37. The number of hydrogen-bond acceptors (Lipinski definition) is 6. The number of hydrogen-bond donors (Lipinski definition) is 4. The lowest BCUT2D eigenvalue weighted by atomic mass is 10.1. The molecule has 30 heavy (non-hydrogen) atoms. The molecule has 1 aromatic carbocycles. The first-order valence-corrected chi connectivity index (χ1v) is 9.72. The Morgan fingerprint density at radius 1 is 1.17 bits per heavy atom. The van der Waals surface area contributed by atoms with Crippen molar-refractivity contribution in [2.75, 3.05) is 6.54 Å². The zero-order valence-corrected chi connectivity index (χ0v) is 16.6. The number of nitrogens with one attached hydrogen (secondary N) is 2. The minimum absolute atomic E-state index is 0.0637. The Hall–Kier alpha value is -3.27. The molecule has 0 radical (unpaired) electrons. The number of rotatable bonds is 8. The molecule has 0 bridgehead atoms. The zero-order valence-electron chi connectivity index (χ0n) is 16.6. The number of aliphatic hydroxyl groups is 1. The number of carbonyl (C=O) groups is 3. The summed E-state index contributed by atoms with van der Waals surface area (Å²) in [7, 11) is 0. The van der Waals surface area contributed by atoms with Crippen LogP contribution >= 0.6 is 0 Å². The molecule has 162 valence electrons. The van der Waals surface area contributed by atoms with Crippen LogP contribution in [0, 0.1) is 5.92 Å². The molecule has 0 spiro atoms. The van der Waals surface area contributed by atoms with Gasteiger partial charge in [0.15, 0.2) is 0 Å². The quantitative estimate of drug-likeness (QED) is 0.442. The average molecular weight is 417 g/mol. The summed E-state index contributed by atoms with van der Waals surface area (Å²) < 4.78 is 1.72. The lowest BCUT2D eigenvalue weighted by Crippen LogP contribution is -2.40.